The van der Waals surface area contributed by atoms with Crippen molar-refractivity contribution in [1.82, 2.24) is 0 Å². The minimum atomic E-state index is -0.298. The van der Waals surface area contributed by atoms with Crippen molar-refractivity contribution in [3.05, 3.63) is 63.6 Å². The zero-order chi connectivity index (χ0) is 12.7. The Morgan fingerprint density at radius 2 is 1.83 bits per heavy atom. The third-order valence-corrected chi connectivity index (χ3v) is 3.65. The van der Waals surface area contributed by atoms with Crippen LogP contribution in [0.5, 0.6) is 5.75 Å². The van der Waals surface area contributed by atoms with Gasteiger partial charge < -0.3 is 4.74 Å². The van der Waals surface area contributed by atoms with Crippen molar-refractivity contribution in [2.45, 2.75) is 12.8 Å². The molecule has 0 fully saturated rings. The van der Waals surface area contributed by atoms with E-state index in [0.717, 1.165) is 21.2 Å². The van der Waals surface area contributed by atoms with Crippen LogP contribution in [-0.2, 0) is 4.79 Å². The van der Waals surface area contributed by atoms with Gasteiger partial charge in [-0.25, -0.2) is 0 Å². The van der Waals surface area contributed by atoms with Crippen LogP contribution in [0.15, 0.2) is 46.9 Å². The Hall–Kier alpha value is -1.61. The molecule has 0 radical (unpaired) electrons. The Balaban J connectivity index is 2.11. The van der Waals surface area contributed by atoms with Crippen LogP contribution >= 0.6 is 15.9 Å². The average molecular weight is 303 g/mol. The smallest absolute Gasteiger partial charge is 0.323 e. The highest BCUT2D eigenvalue weighted by atomic mass is 79.9. The van der Waals surface area contributed by atoms with Crippen molar-refractivity contribution in [3.8, 4) is 5.75 Å². The van der Waals surface area contributed by atoms with E-state index in [0.29, 0.717) is 5.75 Å². The zero-order valence-electron chi connectivity index (χ0n) is 9.81. The first-order valence-corrected chi connectivity index (χ1v) is 6.52. The van der Waals surface area contributed by atoms with Gasteiger partial charge in [-0.2, -0.15) is 0 Å². The van der Waals surface area contributed by atoms with Gasteiger partial charge in [-0.15, -0.1) is 0 Å². The topological polar surface area (TPSA) is 26.3 Å². The molecule has 3 heteroatoms. The van der Waals surface area contributed by atoms with Crippen LogP contribution in [0.3, 0.4) is 0 Å². The summed E-state index contributed by atoms with van der Waals surface area (Å²) in [6, 6.07) is 13.6. The second kappa shape index (κ2) is 4.25. The Labute approximate surface area is 114 Å². The van der Waals surface area contributed by atoms with Crippen molar-refractivity contribution in [1.29, 1.82) is 0 Å². The molecule has 0 aliphatic carbocycles. The van der Waals surface area contributed by atoms with Gasteiger partial charge in [-0.05, 0) is 30.7 Å². The van der Waals surface area contributed by atoms with Gasteiger partial charge in [0.25, 0.3) is 0 Å². The molecule has 0 saturated heterocycles. The van der Waals surface area contributed by atoms with E-state index in [1.807, 2.05) is 49.4 Å². The summed E-state index contributed by atoms with van der Waals surface area (Å²) in [5, 5.41) is 0. The summed E-state index contributed by atoms with van der Waals surface area (Å²) >= 11 is 3.40. The molecule has 1 heterocycles. The molecule has 1 aliphatic rings. The maximum Gasteiger partial charge on any atom is 0.323 e. The molecule has 2 aromatic rings. The molecule has 3 rings (SSSR count). The van der Waals surface area contributed by atoms with Crippen molar-refractivity contribution in [3.63, 3.8) is 0 Å². The third-order valence-electron chi connectivity index (χ3n) is 3.13. The number of ether oxygens (including phenoxy) is 1. The summed E-state index contributed by atoms with van der Waals surface area (Å²) in [7, 11) is 0. The number of hydrogen-bond donors (Lipinski definition) is 0. The Bertz CT molecular complexity index is 617. The van der Waals surface area contributed by atoms with Gasteiger partial charge in [-0.1, -0.05) is 45.8 Å². The number of halogens is 1. The first kappa shape index (κ1) is 11.5. The highest BCUT2D eigenvalue weighted by molar-refractivity contribution is 9.10. The molecule has 0 spiro atoms. The summed E-state index contributed by atoms with van der Waals surface area (Å²) in [4.78, 5) is 12.0. The van der Waals surface area contributed by atoms with Crippen LogP contribution in [0.25, 0.3) is 0 Å². The van der Waals surface area contributed by atoms with Gasteiger partial charge in [0.1, 0.15) is 11.7 Å². The molecule has 2 aromatic carbocycles. The van der Waals surface area contributed by atoms with Crippen molar-refractivity contribution < 1.29 is 9.53 Å². The summed E-state index contributed by atoms with van der Waals surface area (Å²) in [6.07, 6.45) is 0. The van der Waals surface area contributed by atoms with Crippen LogP contribution in [-0.4, -0.2) is 5.97 Å². The lowest BCUT2D eigenvalue weighted by Gasteiger charge is -2.08. The van der Waals surface area contributed by atoms with E-state index in [2.05, 4.69) is 15.9 Å². The number of fused-ring (bicyclic) bond motifs is 1. The van der Waals surface area contributed by atoms with E-state index in [-0.39, 0.29) is 11.9 Å². The van der Waals surface area contributed by atoms with Crippen LogP contribution in [0.4, 0.5) is 0 Å². The fourth-order valence-electron chi connectivity index (χ4n) is 2.25. The van der Waals surface area contributed by atoms with Crippen molar-refractivity contribution in [2.75, 3.05) is 0 Å². The monoisotopic (exact) mass is 302 g/mol. The quantitative estimate of drug-likeness (QED) is 0.591. The number of aryl methyl sites for hydroxylation is 1. The minimum Gasteiger partial charge on any atom is -0.425 e. The van der Waals surface area contributed by atoms with Gasteiger partial charge in [0, 0.05) is 10.0 Å². The van der Waals surface area contributed by atoms with E-state index in [1.165, 1.54) is 0 Å². The molecule has 0 bridgehead atoms. The molecule has 0 N–H and O–H groups in total. The lowest BCUT2D eigenvalue weighted by Crippen LogP contribution is -2.11. The summed E-state index contributed by atoms with van der Waals surface area (Å²) in [5.41, 5.74) is 3.06. The van der Waals surface area contributed by atoms with Crippen LogP contribution in [0.2, 0.25) is 0 Å². The van der Waals surface area contributed by atoms with Crippen LogP contribution in [0, 0.1) is 6.92 Å². The average Bonchev–Trinajstić information content (AvgIpc) is 2.66. The van der Waals surface area contributed by atoms with Gasteiger partial charge in [-0.3, -0.25) is 4.79 Å². The molecular formula is C15H11BrO2. The summed E-state index contributed by atoms with van der Waals surface area (Å²) in [5.74, 6) is 0.185. The Morgan fingerprint density at radius 3 is 2.56 bits per heavy atom. The van der Waals surface area contributed by atoms with Gasteiger partial charge in [0.2, 0.25) is 0 Å². The molecule has 0 saturated carbocycles. The second-order valence-corrected chi connectivity index (χ2v) is 5.36. The normalized spacial score (nSPS) is 17.4. The first-order chi connectivity index (χ1) is 8.65. The number of benzene rings is 2. The number of rotatable bonds is 1. The SMILES string of the molecule is Cc1ccc2c(c1)[C@H](c1ccc(Br)cc1)C(=O)O2. The number of hydrogen-bond acceptors (Lipinski definition) is 2. The highest BCUT2D eigenvalue weighted by Gasteiger charge is 2.34. The number of carbonyl (C=O) groups is 1. The maximum absolute atomic E-state index is 12.0. The van der Waals surface area contributed by atoms with E-state index in [1.54, 1.807) is 0 Å². The predicted octanol–water partition coefficient (Wildman–Crippen LogP) is 3.81. The van der Waals surface area contributed by atoms with E-state index >= 15 is 0 Å². The standard InChI is InChI=1S/C15H11BrO2/c1-9-2-7-13-12(8-9)14(15(17)18-13)10-3-5-11(16)6-4-10/h2-8,14H,1H3/t14-/m0/s1. The molecule has 0 amide bonds. The molecule has 1 atom stereocenters. The predicted molar refractivity (Wildman–Crippen MR) is 72.8 cm³/mol. The molecule has 2 nitrogen and oxygen atoms in total. The summed E-state index contributed by atoms with van der Waals surface area (Å²) in [6.45, 7) is 2.02. The van der Waals surface area contributed by atoms with Crippen molar-refractivity contribution in [2.24, 2.45) is 0 Å². The van der Waals surface area contributed by atoms with Gasteiger partial charge in [0.05, 0.1) is 0 Å². The fourth-order valence-corrected chi connectivity index (χ4v) is 2.52. The molecule has 18 heavy (non-hydrogen) atoms. The van der Waals surface area contributed by atoms with Crippen LogP contribution in [0.1, 0.15) is 22.6 Å². The van der Waals surface area contributed by atoms with Gasteiger partial charge in [0.15, 0.2) is 0 Å². The summed E-state index contributed by atoms with van der Waals surface area (Å²) < 4.78 is 6.31. The highest BCUT2D eigenvalue weighted by Crippen LogP contribution is 2.39. The molecule has 0 unspecified atom stereocenters. The Kier molecular flexibility index (Phi) is 2.71. The van der Waals surface area contributed by atoms with E-state index in [9.17, 15) is 4.79 Å². The minimum absolute atomic E-state index is 0.196. The number of carbonyl (C=O) groups excluding carboxylic acids is 1. The van der Waals surface area contributed by atoms with E-state index < -0.39 is 0 Å². The lowest BCUT2D eigenvalue weighted by atomic mass is 9.92. The van der Waals surface area contributed by atoms with Gasteiger partial charge >= 0.3 is 5.97 Å². The first-order valence-electron chi connectivity index (χ1n) is 5.73. The molecule has 90 valence electrons. The molecular weight excluding hydrogens is 292 g/mol. The molecule has 1 aliphatic heterocycles. The fraction of sp³-hybridized carbons (Fsp3) is 0.133. The van der Waals surface area contributed by atoms with Crippen molar-refractivity contribution >= 4 is 21.9 Å². The van der Waals surface area contributed by atoms with E-state index in [4.69, 9.17) is 4.74 Å². The third kappa shape index (κ3) is 1.85. The second-order valence-electron chi connectivity index (χ2n) is 4.45. The maximum atomic E-state index is 12.0. The molecule has 0 aromatic heterocycles. The lowest BCUT2D eigenvalue weighted by molar-refractivity contribution is -0.133. The Morgan fingerprint density at radius 1 is 1.11 bits per heavy atom. The van der Waals surface area contributed by atoms with Crippen LogP contribution < -0.4 is 4.74 Å². The largest absolute Gasteiger partial charge is 0.425 e. The zero-order valence-corrected chi connectivity index (χ0v) is 11.4. The number of esters is 1.